The van der Waals surface area contributed by atoms with Crippen LogP contribution < -0.4 is 4.74 Å². The molecule has 0 saturated heterocycles. The Bertz CT molecular complexity index is 423. The Morgan fingerprint density at radius 3 is 2.68 bits per heavy atom. The van der Waals surface area contributed by atoms with Crippen molar-refractivity contribution in [2.45, 2.75) is 44.9 Å². The molecule has 0 spiro atoms. The van der Waals surface area contributed by atoms with Crippen LogP contribution in [0.4, 0.5) is 5.69 Å². The minimum Gasteiger partial charge on any atom is -0.487 e. The van der Waals surface area contributed by atoms with E-state index in [9.17, 15) is 10.1 Å². The van der Waals surface area contributed by atoms with E-state index in [1.165, 1.54) is 6.07 Å². The highest BCUT2D eigenvalue weighted by atomic mass is 35.5. The second-order valence-corrected chi connectivity index (χ2v) is 5.11. The van der Waals surface area contributed by atoms with Gasteiger partial charge in [0.25, 0.3) is 0 Å². The number of ether oxygens (including phenoxy) is 1. The molecule has 19 heavy (non-hydrogen) atoms. The van der Waals surface area contributed by atoms with Gasteiger partial charge in [-0.1, -0.05) is 26.3 Å². The first-order valence-electron chi connectivity index (χ1n) is 6.62. The van der Waals surface area contributed by atoms with E-state index in [1.54, 1.807) is 12.1 Å². The van der Waals surface area contributed by atoms with Gasteiger partial charge in [-0.25, -0.2) is 0 Å². The lowest BCUT2D eigenvalue weighted by molar-refractivity contribution is -0.385. The third-order valence-corrected chi connectivity index (χ3v) is 3.11. The second kappa shape index (κ2) is 8.00. The molecule has 4 nitrogen and oxygen atoms in total. The molecule has 0 bridgehead atoms. The Morgan fingerprint density at radius 1 is 1.37 bits per heavy atom. The van der Waals surface area contributed by atoms with Crippen molar-refractivity contribution in [3.8, 4) is 5.75 Å². The van der Waals surface area contributed by atoms with E-state index in [-0.39, 0.29) is 11.1 Å². The van der Waals surface area contributed by atoms with E-state index in [1.807, 2.05) is 6.92 Å². The molecule has 0 amide bonds. The van der Waals surface area contributed by atoms with E-state index < -0.39 is 4.92 Å². The molecule has 0 aliphatic carbocycles. The van der Waals surface area contributed by atoms with Gasteiger partial charge in [-0.3, -0.25) is 10.1 Å². The number of benzene rings is 1. The van der Waals surface area contributed by atoms with Gasteiger partial charge >= 0.3 is 5.69 Å². The summed E-state index contributed by atoms with van der Waals surface area (Å²) >= 11 is 6.20. The molecule has 1 aromatic rings. The highest BCUT2D eigenvalue weighted by Gasteiger charge is 2.16. The molecule has 0 radical (unpaired) electrons. The van der Waals surface area contributed by atoms with Crippen molar-refractivity contribution >= 4 is 17.3 Å². The van der Waals surface area contributed by atoms with Crippen LogP contribution in [0.15, 0.2) is 18.2 Å². The first-order valence-corrected chi connectivity index (χ1v) is 7.06. The molecule has 1 rings (SSSR count). The monoisotopic (exact) mass is 285 g/mol. The van der Waals surface area contributed by atoms with Crippen LogP contribution >= 0.6 is 11.6 Å². The maximum Gasteiger partial charge on any atom is 0.310 e. The van der Waals surface area contributed by atoms with Gasteiger partial charge in [-0.2, -0.15) is 0 Å². The molecule has 0 aliphatic rings. The highest BCUT2D eigenvalue weighted by Crippen LogP contribution is 2.29. The van der Waals surface area contributed by atoms with Crippen LogP contribution in [0, 0.1) is 10.1 Å². The fraction of sp³-hybridized carbons (Fsp3) is 0.571. The zero-order valence-electron chi connectivity index (χ0n) is 11.4. The van der Waals surface area contributed by atoms with E-state index >= 15 is 0 Å². The maximum absolute atomic E-state index is 10.9. The van der Waals surface area contributed by atoms with E-state index in [2.05, 4.69) is 6.92 Å². The largest absolute Gasteiger partial charge is 0.487 e. The smallest absolute Gasteiger partial charge is 0.310 e. The van der Waals surface area contributed by atoms with Gasteiger partial charge in [0.1, 0.15) is 0 Å². The lowest BCUT2D eigenvalue weighted by atomic mass is 10.1. The highest BCUT2D eigenvalue weighted by molar-refractivity contribution is 6.20. The first kappa shape index (κ1) is 15.8. The minimum absolute atomic E-state index is 0.0128. The third kappa shape index (κ3) is 5.07. The van der Waals surface area contributed by atoms with Crippen molar-refractivity contribution in [3.63, 3.8) is 0 Å². The van der Waals surface area contributed by atoms with Crippen LogP contribution in [-0.4, -0.2) is 16.9 Å². The normalized spacial score (nSPS) is 12.2. The first-order chi connectivity index (χ1) is 9.08. The maximum atomic E-state index is 10.9. The molecular formula is C14H20ClNO3. The Morgan fingerprint density at radius 2 is 2.11 bits per heavy atom. The summed E-state index contributed by atoms with van der Waals surface area (Å²) in [6, 6.07) is 4.98. The lowest BCUT2D eigenvalue weighted by Gasteiger charge is -2.10. The average Bonchev–Trinajstić information content (AvgIpc) is 2.36. The van der Waals surface area contributed by atoms with Crippen LogP contribution in [0.1, 0.15) is 38.7 Å². The number of hydrogen-bond acceptors (Lipinski definition) is 3. The Hall–Kier alpha value is -1.29. The Balaban J connectivity index is 2.87. The third-order valence-electron chi connectivity index (χ3n) is 2.74. The van der Waals surface area contributed by atoms with Crippen molar-refractivity contribution in [1.82, 2.24) is 0 Å². The van der Waals surface area contributed by atoms with Crippen molar-refractivity contribution in [3.05, 3.63) is 33.9 Å². The number of hydrogen-bond donors (Lipinski definition) is 0. The summed E-state index contributed by atoms with van der Waals surface area (Å²) < 4.78 is 5.45. The Labute approximate surface area is 118 Å². The summed E-state index contributed by atoms with van der Waals surface area (Å²) in [4.78, 5) is 10.5. The lowest BCUT2D eigenvalue weighted by Crippen LogP contribution is -2.05. The predicted molar refractivity (Wildman–Crippen MR) is 77.1 cm³/mol. The number of halogens is 1. The number of nitro groups is 1. The van der Waals surface area contributed by atoms with Gasteiger partial charge in [0.2, 0.25) is 0 Å². The number of nitro benzene ring substituents is 1. The molecule has 0 heterocycles. The van der Waals surface area contributed by atoms with Crippen molar-refractivity contribution in [1.29, 1.82) is 0 Å². The van der Waals surface area contributed by atoms with Crippen LogP contribution in [0.25, 0.3) is 0 Å². The molecule has 0 saturated carbocycles. The predicted octanol–water partition coefficient (Wildman–Crippen LogP) is 4.33. The van der Waals surface area contributed by atoms with Gasteiger partial charge in [-0.05, 0) is 30.9 Å². The molecule has 0 fully saturated rings. The summed E-state index contributed by atoms with van der Waals surface area (Å²) in [5, 5.41) is 11.0. The number of nitrogens with zero attached hydrogens (tertiary/aromatic N) is 1. The fourth-order valence-electron chi connectivity index (χ4n) is 1.84. The molecular weight excluding hydrogens is 266 g/mol. The molecule has 0 aromatic heterocycles. The number of rotatable bonds is 8. The standard InChI is InChI=1S/C14H20ClNO3/c1-3-5-12(15)9-11-6-7-13(16(17)18)14(10-11)19-8-4-2/h6-7,10,12H,3-5,8-9H2,1-2H3. The summed E-state index contributed by atoms with van der Waals surface area (Å²) in [6.07, 6.45) is 3.48. The van der Waals surface area contributed by atoms with Crippen LogP contribution in [0.2, 0.25) is 0 Å². The molecule has 0 N–H and O–H groups in total. The van der Waals surface area contributed by atoms with Crippen molar-refractivity contribution < 1.29 is 9.66 Å². The zero-order chi connectivity index (χ0) is 14.3. The van der Waals surface area contributed by atoms with Crippen LogP contribution in [0.3, 0.4) is 0 Å². The fourth-order valence-corrected chi connectivity index (χ4v) is 2.23. The molecule has 5 heteroatoms. The minimum atomic E-state index is -0.418. The van der Waals surface area contributed by atoms with E-state index in [0.29, 0.717) is 18.8 Å². The Kier molecular flexibility index (Phi) is 6.64. The van der Waals surface area contributed by atoms with Crippen molar-refractivity contribution in [2.75, 3.05) is 6.61 Å². The molecule has 1 aromatic carbocycles. The second-order valence-electron chi connectivity index (χ2n) is 4.50. The molecule has 1 unspecified atom stereocenters. The quantitative estimate of drug-likeness (QED) is 0.406. The summed E-state index contributed by atoms with van der Waals surface area (Å²) in [5.74, 6) is 0.338. The summed E-state index contributed by atoms with van der Waals surface area (Å²) in [5.41, 5.74) is 0.990. The summed E-state index contributed by atoms with van der Waals surface area (Å²) in [6.45, 7) is 4.52. The van der Waals surface area contributed by atoms with Gasteiger partial charge < -0.3 is 4.74 Å². The number of alkyl halides is 1. The van der Waals surface area contributed by atoms with E-state index in [4.69, 9.17) is 16.3 Å². The average molecular weight is 286 g/mol. The van der Waals surface area contributed by atoms with Gasteiger partial charge in [0.15, 0.2) is 5.75 Å². The van der Waals surface area contributed by atoms with Gasteiger partial charge in [0, 0.05) is 11.4 Å². The van der Waals surface area contributed by atoms with Gasteiger partial charge in [0.05, 0.1) is 11.5 Å². The molecule has 1 atom stereocenters. The van der Waals surface area contributed by atoms with Crippen molar-refractivity contribution in [2.24, 2.45) is 0 Å². The zero-order valence-corrected chi connectivity index (χ0v) is 12.2. The topological polar surface area (TPSA) is 52.4 Å². The molecule has 0 aliphatic heterocycles. The SMILES string of the molecule is CCCOc1cc(CC(Cl)CCC)ccc1[N+](=O)[O-]. The van der Waals surface area contributed by atoms with E-state index in [0.717, 1.165) is 24.8 Å². The van der Waals surface area contributed by atoms with Crippen LogP contribution in [-0.2, 0) is 6.42 Å². The summed E-state index contributed by atoms with van der Waals surface area (Å²) in [7, 11) is 0. The molecule has 106 valence electrons. The van der Waals surface area contributed by atoms with Gasteiger partial charge in [-0.15, -0.1) is 11.6 Å². The van der Waals surface area contributed by atoms with Crippen LogP contribution in [0.5, 0.6) is 5.75 Å².